The molecular formula is C14H18O3. The van der Waals surface area contributed by atoms with Crippen LogP contribution >= 0.6 is 0 Å². The lowest BCUT2D eigenvalue weighted by Crippen LogP contribution is -2.40. The summed E-state index contributed by atoms with van der Waals surface area (Å²) in [6, 6.07) is 5.99. The molecule has 3 heteroatoms. The minimum atomic E-state index is -1.37. The second-order valence-electron chi connectivity index (χ2n) is 5.26. The van der Waals surface area contributed by atoms with Crippen molar-refractivity contribution in [3.63, 3.8) is 0 Å². The summed E-state index contributed by atoms with van der Waals surface area (Å²) in [5, 5.41) is 18.8. The third-order valence-electron chi connectivity index (χ3n) is 3.76. The number of aliphatic carboxylic acids is 1. The van der Waals surface area contributed by atoms with E-state index < -0.39 is 17.5 Å². The van der Waals surface area contributed by atoms with Crippen LogP contribution in [0.1, 0.15) is 37.0 Å². The molecule has 92 valence electrons. The highest BCUT2D eigenvalue weighted by molar-refractivity contribution is 5.74. The van der Waals surface area contributed by atoms with Gasteiger partial charge in [0, 0.05) is 5.41 Å². The summed E-state index contributed by atoms with van der Waals surface area (Å²) < 4.78 is 0. The molecule has 2 rings (SSSR count). The van der Waals surface area contributed by atoms with Crippen LogP contribution in [-0.2, 0) is 23.1 Å². The van der Waals surface area contributed by atoms with E-state index in [1.165, 1.54) is 11.1 Å². The summed E-state index contributed by atoms with van der Waals surface area (Å²) in [5.41, 5.74) is 2.76. The summed E-state index contributed by atoms with van der Waals surface area (Å²) in [5.74, 6) is -1.16. The highest BCUT2D eigenvalue weighted by Crippen LogP contribution is 2.35. The van der Waals surface area contributed by atoms with E-state index in [9.17, 15) is 9.90 Å². The second kappa shape index (κ2) is 4.15. The van der Waals surface area contributed by atoms with Gasteiger partial charge >= 0.3 is 5.97 Å². The van der Waals surface area contributed by atoms with Gasteiger partial charge in [-0.25, -0.2) is 4.79 Å². The molecule has 17 heavy (non-hydrogen) atoms. The molecule has 1 aliphatic rings. The van der Waals surface area contributed by atoms with Crippen LogP contribution in [0.15, 0.2) is 18.2 Å². The smallest absolute Gasteiger partial charge is 0.333 e. The molecule has 0 saturated heterocycles. The fourth-order valence-electron chi connectivity index (χ4n) is 2.68. The molecule has 0 amide bonds. The SMILES string of the molecule is CC(C)(c1cccc2c1CCC2)C(O)C(=O)O. The molecule has 0 bridgehead atoms. The van der Waals surface area contributed by atoms with Crippen LogP contribution in [0.25, 0.3) is 0 Å². The maximum absolute atomic E-state index is 11.0. The molecule has 3 nitrogen and oxygen atoms in total. The minimum Gasteiger partial charge on any atom is -0.479 e. The molecule has 2 N–H and O–H groups in total. The second-order valence-corrected chi connectivity index (χ2v) is 5.26. The van der Waals surface area contributed by atoms with Crippen molar-refractivity contribution in [2.45, 2.75) is 44.6 Å². The normalized spacial score (nSPS) is 16.6. The number of aliphatic hydroxyl groups is 1. The van der Waals surface area contributed by atoms with Gasteiger partial charge < -0.3 is 10.2 Å². The van der Waals surface area contributed by atoms with Gasteiger partial charge in [-0.05, 0) is 36.0 Å². The zero-order chi connectivity index (χ0) is 12.6. The molecule has 1 unspecified atom stereocenters. The van der Waals surface area contributed by atoms with Crippen molar-refractivity contribution in [2.24, 2.45) is 0 Å². The van der Waals surface area contributed by atoms with Crippen LogP contribution in [0.5, 0.6) is 0 Å². The van der Waals surface area contributed by atoms with E-state index in [2.05, 4.69) is 6.07 Å². The molecule has 1 atom stereocenters. The summed E-state index contributed by atoms with van der Waals surface area (Å²) in [7, 11) is 0. The standard InChI is InChI=1S/C14H18O3/c1-14(2,12(15)13(16)17)11-8-4-6-9-5-3-7-10(9)11/h4,6,8,12,15H,3,5,7H2,1-2H3,(H,16,17). The Morgan fingerprint density at radius 1 is 1.35 bits per heavy atom. The first-order chi connectivity index (χ1) is 7.94. The fraction of sp³-hybridized carbons (Fsp3) is 0.500. The van der Waals surface area contributed by atoms with Crippen molar-refractivity contribution in [3.8, 4) is 0 Å². The zero-order valence-corrected chi connectivity index (χ0v) is 10.2. The maximum Gasteiger partial charge on any atom is 0.333 e. The number of aliphatic hydroxyl groups excluding tert-OH is 1. The van der Waals surface area contributed by atoms with Crippen LogP contribution in [0, 0.1) is 0 Å². The van der Waals surface area contributed by atoms with Gasteiger partial charge in [0.05, 0.1) is 0 Å². The zero-order valence-electron chi connectivity index (χ0n) is 10.2. The first kappa shape index (κ1) is 12.1. The predicted octanol–water partition coefficient (Wildman–Crippen LogP) is 1.90. The average Bonchev–Trinajstić information content (AvgIpc) is 2.75. The quantitative estimate of drug-likeness (QED) is 0.839. The number of hydrogen-bond donors (Lipinski definition) is 2. The Bertz CT molecular complexity index is 449. The van der Waals surface area contributed by atoms with E-state index in [0.717, 1.165) is 24.8 Å². The van der Waals surface area contributed by atoms with E-state index in [4.69, 9.17) is 5.11 Å². The Kier molecular flexibility index (Phi) is 2.96. The number of carboxylic acids is 1. The van der Waals surface area contributed by atoms with Gasteiger partial charge in [-0.15, -0.1) is 0 Å². The van der Waals surface area contributed by atoms with Crippen LogP contribution in [-0.4, -0.2) is 22.3 Å². The number of aryl methyl sites for hydroxylation is 1. The molecule has 0 aliphatic heterocycles. The monoisotopic (exact) mass is 234 g/mol. The van der Waals surface area contributed by atoms with Crippen molar-refractivity contribution in [3.05, 3.63) is 34.9 Å². The fourth-order valence-corrected chi connectivity index (χ4v) is 2.68. The molecule has 0 heterocycles. The lowest BCUT2D eigenvalue weighted by Gasteiger charge is -2.30. The Morgan fingerprint density at radius 2 is 2.06 bits per heavy atom. The van der Waals surface area contributed by atoms with Gasteiger partial charge in [-0.1, -0.05) is 32.0 Å². The number of carboxylic acid groups (broad SMARTS) is 1. The van der Waals surface area contributed by atoms with Gasteiger partial charge in [0.15, 0.2) is 6.10 Å². The molecule has 1 aromatic rings. The Morgan fingerprint density at radius 3 is 2.71 bits per heavy atom. The highest BCUT2D eigenvalue weighted by atomic mass is 16.4. The third kappa shape index (κ3) is 1.95. The highest BCUT2D eigenvalue weighted by Gasteiger charge is 2.37. The number of fused-ring (bicyclic) bond motifs is 1. The molecule has 0 saturated carbocycles. The minimum absolute atomic E-state index is 0.748. The summed E-state index contributed by atoms with van der Waals surface area (Å²) in [4.78, 5) is 11.0. The van der Waals surface area contributed by atoms with Crippen molar-refractivity contribution in [1.29, 1.82) is 0 Å². The van der Waals surface area contributed by atoms with Crippen molar-refractivity contribution >= 4 is 5.97 Å². The summed E-state index contributed by atoms with van der Waals surface area (Å²) in [6.45, 7) is 3.58. The lowest BCUT2D eigenvalue weighted by molar-refractivity contribution is -0.150. The Balaban J connectivity index is 2.47. The largest absolute Gasteiger partial charge is 0.479 e. The van der Waals surface area contributed by atoms with Crippen molar-refractivity contribution in [1.82, 2.24) is 0 Å². The van der Waals surface area contributed by atoms with Crippen LogP contribution in [0.3, 0.4) is 0 Å². The molecule has 0 spiro atoms. The van der Waals surface area contributed by atoms with Crippen LogP contribution in [0.2, 0.25) is 0 Å². The van der Waals surface area contributed by atoms with E-state index in [0.29, 0.717) is 0 Å². The molecule has 0 aromatic heterocycles. The van der Waals surface area contributed by atoms with Gasteiger partial charge in [0.2, 0.25) is 0 Å². The number of carbonyl (C=O) groups is 1. The maximum atomic E-state index is 11.0. The number of rotatable bonds is 3. The topological polar surface area (TPSA) is 57.5 Å². The first-order valence-corrected chi connectivity index (χ1v) is 5.96. The van der Waals surface area contributed by atoms with Crippen molar-refractivity contribution in [2.75, 3.05) is 0 Å². The summed E-state index contributed by atoms with van der Waals surface area (Å²) >= 11 is 0. The molecule has 0 radical (unpaired) electrons. The van der Waals surface area contributed by atoms with E-state index >= 15 is 0 Å². The third-order valence-corrected chi connectivity index (χ3v) is 3.76. The molecule has 0 fully saturated rings. The Labute approximate surface area is 101 Å². The first-order valence-electron chi connectivity index (χ1n) is 5.96. The Hall–Kier alpha value is -1.35. The lowest BCUT2D eigenvalue weighted by atomic mass is 9.76. The van der Waals surface area contributed by atoms with Crippen LogP contribution < -0.4 is 0 Å². The molecular weight excluding hydrogens is 216 g/mol. The summed E-state index contributed by atoms with van der Waals surface area (Å²) in [6.07, 6.45) is 1.80. The van der Waals surface area contributed by atoms with Gasteiger partial charge in [0.25, 0.3) is 0 Å². The average molecular weight is 234 g/mol. The predicted molar refractivity (Wildman–Crippen MR) is 65.1 cm³/mol. The number of benzene rings is 1. The molecule has 1 aromatic carbocycles. The van der Waals surface area contributed by atoms with E-state index in [-0.39, 0.29) is 0 Å². The molecule has 1 aliphatic carbocycles. The van der Waals surface area contributed by atoms with Crippen molar-refractivity contribution < 1.29 is 15.0 Å². The van der Waals surface area contributed by atoms with Gasteiger partial charge in [0.1, 0.15) is 0 Å². The van der Waals surface area contributed by atoms with Gasteiger partial charge in [-0.3, -0.25) is 0 Å². The number of hydrogen-bond acceptors (Lipinski definition) is 2. The van der Waals surface area contributed by atoms with Crippen LogP contribution in [0.4, 0.5) is 0 Å². The van der Waals surface area contributed by atoms with E-state index in [1.807, 2.05) is 12.1 Å². The van der Waals surface area contributed by atoms with E-state index in [1.54, 1.807) is 13.8 Å². The van der Waals surface area contributed by atoms with Gasteiger partial charge in [-0.2, -0.15) is 0 Å².